The summed E-state index contributed by atoms with van der Waals surface area (Å²) in [5, 5.41) is 19.4. The number of benzene rings is 2. The van der Waals surface area contributed by atoms with Crippen LogP contribution in [0.3, 0.4) is 0 Å². The van der Waals surface area contributed by atoms with Crippen molar-refractivity contribution in [2.45, 2.75) is 30.6 Å². The van der Waals surface area contributed by atoms with Gasteiger partial charge in [0.25, 0.3) is 5.09 Å². The zero-order valence-corrected chi connectivity index (χ0v) is 19.0. The van der Waals surface area contributed by atoms with Gasteiger partial charge in [-0.1, -0.05) is 30.3 Å². The number of carbonyl (C=O) groups is 1. The molecule has 9 nitrogen and oxygen atoms in total. The number of rotatable bonds is 10. The first-order valence-corrected chi connectivity index (χ1v) is 12.1. The van der Waals surface area contributed by atoms with Gasteiger partial charge in [0.15, 0.2) is 9.84 Å². The van der Waals surface area contributed by atoms with Crippen molar-refractivity contribution in [3.8, 4) is 16.9 Å². The first kappa shape index (κ1) is 24.0. The van der Waals surface area contributed by atoms with Crippen LogP contribution in [0.4, 0.5) is 0 Å². The predicted octanol–water partition coefficient (Wildman–Crippen LogP) is 4.01. The van der Waals surface area contributed by atoms with Crippen molar-refractivity contribution >= 4 is 15.8 Å². The van der Waals surface area contributed by atoms with Gasteiger partial charge in [0.2, 0.25) is 0 Å². The summed E-state index contributed by atoms with van der Waals surface area (Å²) < 4.78 is 25.6. The van der Waals surface area contributed by atoms with Crippen LogP contribution in [0, 0.1) is 17.0 Å². The minimum absolute atomic E-state index is 0.162. The Morgan fingerprint density at radius 2 is 1.79 bits per heavy atom. The Bertz CT molecular complexity index is 1250. The Morgan fingerprint density at radius 3 is 2.33 bits per heavy atom. The Labute approximate surface area is 191 Å². The zero-order chi connectivity index (χ0) is 24.2. The highest BCUT2D eigenvalue weighted by atomic mass is 32.2. The maximum atomic E-state index is 12.1. The average molecular weight is 473 g/mol. The van der Waals surface area contributed by atoms with Crippen LogP contribution in [0.5, 0.6) is 0 Å². The summed E-state index contributed by atoms with van der Waals surface area (Å²) >= 11 is 0. The fraction of sp³-hybridized carbons (Fsp3) is 0.261. The van der Waals surface area contributed by atoms with Crippen LogP contribution in [0.25, 0.3) is 16.9 Å². The Hall–Kier alpha value is -3.66. The number of carboxylic acid groups (broad SMARTS) is 1. The smallest absolute Gasteiger partial charge is 0.311 e. The van der Waals surface area contributed by atoms with Gasteiger partial charge in [0.05, 0.1) is 23.1 Å². The van der Waals surface area contributed by atoms with Gasteiger partial charge in [0, 0.05) is 17.6 Å². The van der Waals surface area contributed by atoms with Gasteiger partial charge < -0.3 is 14.5 Å². The van der Waals surface area contributed by atoms with Crippen LogP contribution in [0.2, 0.25) is 0 Å². The molecule has 174 valence electrons. The van der Waals surface area contributed by atoms with E-state index < -0.39 is 26.8 Å². The van der Waals surface area contributed by atoms with E-state index in [-0.39, 0.29) is 24.3 Å². The highest BCUT2D eigenvalue weighted by molar-refractivity contribution is 7.90. The number of nitrogens with zero attached hydrogens (tertiary/aromatic N) is 2. The molecule has 0 fully saturated rings. The van der Waals surface area contributed by atoms with Crippen molar-refractivity contribution in [3.63, 3.8) is 0 Å². The van der Waals surface area contributed by atoms with Crippen LogP contribution < -0.4 is 0 Å². The second kappa shape index (κ2) is 9.86. The van der Waals surface area contributed by atoms with Gasteiger partial charge in [-0.15, -0.1) is 10.1 Å². The van der Waals surface area contributed by atoms with Crippen molar-refractivity contribution in [2.24, 2.45) is 0 Å². The number of hydrogen-bond donors (Lipinski definition) is 1. The van der Waals surface area contributed by atoms with Crippen molar-refractivity contribution < 1.29 is 28.2 Å². The molecule has 1 atom stereocenters. The van der Waals surface area contributed by atoms with E-state index in [4.69, 9.17) is 0 Å². The number of carboxylic acids is 1. The molecule has 0 saturated heterocycles. The lowest BCUT2D eigenvalue weighted by Gasteiger charge is -2.15. The fourth-order valence-electron chi connectivity index (χ4n) is 3.81. The number of hydrogen-bond acceptors (Lipinski definition) is 6. The summed E-state index contributed by atoms with van der Waals surface area (Å²) in [5.41, 5.74) is 3.55. The zero-order valence-electron chi connectivity index (χ0n) is 18.2. The van der Waals surface area contributed by atoms with Gasteiger partial charge in [-0.05, 0) is 61.2 Å². The minimum Gasteiger partial charge on any atom is -0.481 e. The molecule has 0 aliphatic rings. The van der Waals surface area contributed by atoms with Gasteiger partial charge >= 0.3 is 5.97 Å². The number of aliphatic carboxylic acids is 1. The molecule has 0 aliphatic carbocycles. The summed E-state index contributed by atoms with van der Waals surface area (Å²) in [4.78, 5) is 27.0. The number of para-hydroxylation sites is 1. The molecule has 1 heterocycles. The lowest BCUT2D eigenvalue weighted by molar-refractivity contribution is -0.757. The molecule has 0 radical (unpaired) electrons. The maximum Gasteiger partial charge on any atom is 0.311 e. The molecule has 2 aromatic carbocycles. The van der Waals surface area contributed by atoms with Crippen molar-refractivity contribution in [1.82, 2.24) is 4.57 Å². The van der Waals surface area contributed by atoms with E-state index in [1.54, 1.807) is 18.2 Å². The second-order valence-electron chi connectivity index (χ2n) is 7.63. The van der Waals surface area contributed by atoms with Crippen LogP contribution in [0.15, 0.2) is 65.6 Å². The summed E-state index contributed by atoms with van der Waals surface area (Å²) in [6.45, 7) is 1.63. The predicted molar refractivity (Wildman–Crippen MR) is 122 cm³/mol. The van der Waals surface area contributed by atoms with Gasteiger partial charge in [-0.2, -0.15) is 0 Å². The van der Waals surface area contributed by atoms with E-state index in [0.717, 1.165) is 17.5 Å². The molecule has 0 spiro atoms. The molecule has 0 amide bonds. The number of aromatic nitrogens is 1. The summed E-state index contributed by atoms with van der Waals surface area (Å²) in [6, 6.07) is 17.6. The first-order chi connectivity index (χ1) is 15.6. The van der Waals surface area contributed by atoms with Gasteiger partial charge in [-0.25, -0.2) is 8.42 Å². The lowest BCUT2D eigenvalue weighted by Crippen LogP contribution is -2.14. The number of sulfone groups is 1. The highest BCUT2D eigenvalue weighted by Crippen LogP contribution is 2.35. The minimum atomic E-state index is -3.35. The monoisotopic (exact) mass is 472 g/mol. The Morgan fingerprint density at radius 1 is 1.15 bits per heavy atom. The molecular formula is C23H24N2O7S. The molecule has 33 heavy (non-hydrogen) atoms. The molecule has 3 rings (SSSR count). The van der Waals surface area contributed by atoms with E-state index in [1.807, 2.05) is 41.8 Å². The third kappa shape index (κ3) is 5.58. The maximum absolute atomic E-state index is 12.1. The third-order valence-corrected chi connectivity index (χ3v) is 6.51. The molecule has 1 aromatic heterocycles. The van der Waals surface area contributed by atoms with Crippen LogP contribution in [-0.4, -0.2) is 42.0 Å². The molecule has 0 bridgehead atoms. The standard InChI is InChI=1S/C23H24N2O7S/c1-16-21(20(23(26)27)9-6-14-32-25(28)29)15-22(24(16)18-7-4-3-5-8-18)17-10-12-19(13-11-17)33(2,30)31/h3-5,7-8,10-13,15,20H,6,9,14H2,1-2H3,(H,26,27). The Kier molecular flexibility index (Phi) is 7.17. The highest BCUT2D eigenvalue weighted by Gasteiger charge is 2.26. The van der Waals surface area contributed by atoms with Crippen molar-refractivity contribution in [2.75, 3.05) is 12.9 Å². The second-order valence-corrected chi connectivity index (χ2v) is 9.64. The van der Waals surface area contributed by atoms with E-state index in [0.29, 0.717) is 17.0 Å². The van der Waals surface area contributed by atoms with Gasteiger partial charge in [-0.3, -0.25) is 4.79 Å². The molecule has 1 N–H and O–H groups in total. The Balaban J connectivity index is 2.08. The quantitative estimate of drug-likeness (QED) is 0.268. The first-order valence-electron chi connectivity index (χ1n) is 10.2. The molecule has 1 unspecified atom stereocenters. The topological polar surface area (TPSA) is 129 Å². The molecular weight excluding hydrogens is 448 g/mol. The van der Waals surface area contributed by atoms with E-state index in [2.05, 4.69) is 4.84 Å². The van der Waals surface area contributed by atoms with E-state index in [1.165, 1.54) is 12.1 Å². The average Bonchev–Trinajstić information content (AvgIpc) is 3.10. The summed E-state index contributed by atoms with van der Waals surface area (Å²) in [5.74, 6) is -1.93. The normalized spacial score (nSPS) is 12.3. The lowest BCUT2D eigenvalue weighted by atomic mass is 9.94. The third-order valence-electron chi connectivity index (χ3n) is 5.39. The van der Waals surface area contributed by atoms with Crippen LogP contribution >= 0.6 is 0 Å². The van der Waals surface area contributed by atoms with Crippen LogP contribution in [0.1, 0.15) is 30.0 Å². The molecule has 3 aromatic rings. The fourth-order valence-corrected chi connectivity index (χ4v) is 4.44. The molecule has 0 saturated carbocycles. The summed E-state index contributed by atoms with van der Waals surface area (Å²) in [6.07, 6.45) is 1.50. The van der Waals surface area contributed by atoms with Gasteiger partial charge in [0.1, 0.15) is 0 Å². The van der Waals surface area contributed by atoms with Crippen molar-refractivity contribution in [3.05, 3.63) is 82.0 Å². The van der Waals surface area contributed by atoms with Crippen LogP contribution in [-0.2, 0) is 19.5 Å². The molecule has 10 heteroatoms. The molecule has 0 aliphatic heterocycles. The van der Waals surface area contributed by atoms with E-state index in [9.17, 15) is 28.4 Å². The van der Waals surface area contributed by atoms with E-state index >= 15 is 0 Å². The SMILES string of the molecule is Cc1c(C(CCCO[N+](=O)[O-])C(=O)O)cc(-c2ccc(S(C)(=O)=O)cc2)n1-c1ccccc1. The summed E-state index contributed by atoms with van der Waals surface area (Å²) in [7, 11) is -3.35. The largest absolute Gasteiger partial charge is 0.481 e. The van der Waals surface area contributed by atoms with Crippen molar-refractivity contribution in [1.29, 1.82) is 0 Å².